The van der Waals surface area contributed by atoms with Gasteiger partial charge in [-0.05, 0) is 12.1 Å². The van der Waals surface area contributed by atoms with Gasteiger partial charge >= 0.3 is 0 Å². The molecule has 7 heteroatoms. The molecular weight excluding hydrogens is 263 g/mol. The van der Waals surface area contributed by atoms with Crippen LogP contribution in [0.3, 0.4) is 0 Å². The van der Waals surface area contributed by atoms with Gasteiger partial charge in [-0.3, -0.25) is 10.1 Å². The van der Waals surface area contributed by atoms with Gasteiger partial charge in [-0.1, -0.05) is 0 Å². The number of amides is 1. The van der Waals surface area contributed by atoms with E-state index in [0.29, 0.717) is 11.5 Å². The normalized spacial score (nSPS) is 12.6. The number of imidazole rings is 1. The molecular formula is C13H17FN4O2. The summed E-state index contributed by atoms with van der Waals surface area (Å²) in [6, 6.07) is 4.29. The average Bonchev–Trinajstić information content (AvgIpc) is 2.72. The van der Waals surface area contributed by atoms with Crippen molar-refractivity contribution < 1.29 is 13.9 Å². The van der Waals surface area contributed by atoms with Crippen LogP contribution in [-0.2, 0) is 16.6 Å². The number of rotatable bonds is 5. The SMILES string of the molecule is COC(CN)CC(=O)Nc1nc2cc(F)ccc2n1C. The van der Waals surface area contributed by atoms with Gasteiger partial charge in [0.1, 0.15) is 5.82 Å². The van der Waals surface area contributed by atoms with Gasteiger partial charge in [0.05, 0.1) is 23.6 Å². The summed E-state index contributed by atoms with van der Waals surface area (Å²) in [5, 5.41) is 2.67. The van der Waals surface area contributed by atoms with Crippen molar-refractivity contribution in [3.63, 3.8) is 0 Å². The molecule has 1 unspecified atom stereocenters. The maximum atomic E-state index is 13.1. The van der Waals surface area contributed by atoms with Crippen LogP contribution in [0.5, 0.6) is 0 Å². The van der Waals surface area contributed by atoms with Gasteiger partial charge in [0.15, 0.2) is 0 Å². The van der Waals surface area contributed by atoms with Crippen LogP contribution in [0.1, 0.15) is 6.42 Å². The van der Waals surface area contributed by atoms with Crippen LogP contribution < -0.4 is 11.1 Å². The molecule has 1 aromatic carbocycles. The fraction of sp³-hybridized carbons (Fsp3) is 0.385. The molecule has 1 atom stereocenters. The second-order valence-corrected chi connectivity index (χ2v) is 4.47. The lowest BCUT2D eigenvalue weighted by Gasteiger charge is -2.12. The Balaban J connectivity index is 2.17. The number of aryl methyl sites for hydroxylation is 1. The first-order chi connectivity index (χ1) is 9.55. The first-order valence-corrected chi connectivity index (χ1v) is 6.20. The van der Waals surface area contributed by atoms with E-state index < -0.39 is 0 Å². The van der Waals surface area contributed by atoms with Crippen molar-refractivity contribution in [1.82, 2.24) is 9.55 Å². The van der Waals surface area contributed by atoms with E-state index in [9.17, 15) is 9.18 Å². The number of nitrogens with one attached hydrogen (secondary N) is 1. The van der Waals surface area contributed by atoms with Crippen molar-refractivity contribution in [2.75, 3.05) is 19.0 Å². The molecule has 0 aliphatic rings. The van der Waals surface area contributed by atoms with E-state index in [-0.39, 0.29) is 30.8 Å². The monoisotopic (exact) mass is 280 g/mol. The van der Waals surface area contributed by atoms with Gasteiger partial charge in [-0.2, -0.15) is 0 Å². The Bertz CT molecular complexity index is 622. The summed E-state index contributed by atoms with van der Waals surface area (Å²) < 4.78 is 19.9. The van der Waals surface area contributed by atoms with Crippen molar-refractivity contribution in [2.45, 2.75) is 12.5 Å². The molecule has 0 spiro atoms. The fourth-order valence-corrected chi connectivity index (χ4v) is 1.93. The molecule has 0 aliphatic heterocycles. The maximum absolute atomic E-state index is 13.1. The smallest absolute Gasteiger partial charge is 0.229 e. The van der Waals surface area contributed by atoms with E-state index >= 15 is 0 Å². The average molecular weight is 280 g/mol. The summed E-state index contributed by atoms with van der Waals surface area (Å²) in [5.74, 6) is -0.250. The van der Waals surface area contributed by atoms with Crippen LogP contribution in [0.15, 0.2) is 18.2 Å². The van der Waals surface area contributed by atoms with E-state index in [1.165, 1.54) is 19.2 Å². The topological polar surface area (TPSA) is 82.2 Å². The third-order valence-corrected chi connectivity index (χ3v) is 3.10. The Kier molecular flexibility index (Phi) is 4.31. The molecule has 2 aromatic rings. The highest BCUT2D eigenvalue weighted by Gasteiger charge is 2.15. The van der Waals surface area contributed by atoms with Crippen molar-refractivity contribution >= 4 is 22.9 Å². The predicted molar refractivity (Wildman–Crippen MR) is 73.8 cm³/mol. The van der Waals surface area contributed by atoms with Crippen LogP contribution in [-0.4, -0.2) is 35.2 Å². The summed E-state index contributed by atoms with van der Waals surface area (Å²) in [6.45, 7) is 0.262. The van der Waals surface area contributed by atoms with Crippen LogP contribution in [0.2, 0.25) is 0 Å². The molecule has 1 heterocycles. The second-order valence-electron chi connectivity index (χ2n) is 4.47. The van der Waals surface area contributed by atoms with Gasteiger partial charge in [-0.15, -0.1) is 0 Å². The molecule has 0 bridgehead atoms. The minimum atomic E-state index is -0.365. The number of carbonyl (C=O) groups excluding carboxylic acids is 1. The molecule has 1 amide bonds. The third kappa shape index (κ3) is 2.94. The number of carbonyl (C=O) groups is 1. The minimum Gasteiger partial charge on any atom is -0.380 e. The zero-order chi connectivity index (χ0) is 14.7. The van der Waals surface area contributed by atoms with Gasteiger partial charge in [0.25, 0.3) is 0 Å². The number of halogens is 1. The molecule has 0 aliphatic carbocycles. The summed E-state index contributed by atoms with van der Waals surface area (Å²) >= 11 is 0. The van der Waals surface area contributed by atoms with Gasteiger partial charge in [0.2, 0.25) is 11.9 Å². The molecule has 108 valence electrons. The molecule has 1 aromatic heterocycles. The Hall–Kier alpha value is -1.99. The largest absolute Gasteiger partial charge is 0.380 e. The Morgan fingerprint density at radius 1 is 1.60 bits per heavy atom. The lowest BCUT2D eigenvalue weighted by molar-refractivity contribution is -0.118. The predicted octanol–water partition coefficient (Wildman–Crippen LogP) is 1.01. The van der Waals surface area contributed by atoms with Crippen LogP contribution in [0, 0.1) is 5.82 Å². The lowest BCUT2D eigenvalue weighted by atomic mass is 10.2. The second kappa shape index (κ2) is 5.98. The zero-order valence-corrected chi connectivity index (χ0v) is 11.4. The molecule has 6 nitrogen and oxygen atoms in total. The number of aromatic nitrogens is 2. The third-order valence-electron chi connectivity index (χ3n) is 3.10. The summed E-state index contributed by atoms with van der Waals surface area (Å²) in [5.41, 5.74) is 6.70. The highest BCUT2D eigenvalue weighted by atomic mass is 19.1. The molecule has 0 saturated carbocycles. The summed E-state index contributed by atoms with van der Waals surface area (Å²) in [7, 11) is 3.25. The van der Waals surface area contributed by atoms with Crippen molar-refractivity contribution in [2.24, 2.45) is 12.8 Å². The summed E-state index contributed by atoms with van der Waals surface area (Å²) in [4.78, 5) is 16.1. The Morgan fingerprint density at radius 3 is 3.00 bits per heavy atom. The molecule has 3 N–H and O–H groups in total. The number of anilines is 1. The highest BCUT2D eigenvalue weighted by Crippen LogP contribution is 2.19. The number of fused-ring (bicyclic) bond motifs is 1. The molecule has 0 radical (unpaired) electrons. The van der Waals surface area contributed by atoms with Crippen LogP contribution >= 0.6 is 0 Å². The van der Waals surface area contributed by atoms with E-state index in [2.05, 4.69) is 10.3 Å². The van der Waals surface area contributed by atoms with Crippen LogP contribution in [0.25, 0.3) is 11.0 Å². The Labute approximate surface area is 115 Å². The Morgan fingerprint density at radius 2 is 2.35 bits per heavy atom. The van der Waals surface area contributed by atoms with Crippen molar-refractivity contribution in [1.29, 1.82) is 0 Å². The number of ether oxygens (including phenoxy) is 1. The first kappa shape index (κ1) is 14.4. The number of benzene rings is 1. The zero-order valence-electron chi connectivity index (χ0n) is 11.4. The lowest BCUT2D eigenvalue weighted by Crippen LogP contribution is -2.28. The standard InChI is InChI=1S/C13H17FN4O2/c1-18-11-4-3-8(14)5-10(11)16-13(18)17-12(19)6-9(7-15)20-2/h3-5,9H,6-7,15H2,1-2H3,(H,16,17,19). The van der Waals surface area contributed by atoms with Gasteiger partial charge < -0.3 is 15.0 Å². The highest BCUT2D eigenvalue weighted by molar-refractivity contribution is 5.91. The number of nitrogens with zero attached hydrogens (tertiary/aromatic N) is 2. The van der Waals surface area contributed by atoms with E-state index in [1.54, 1.807) is 17.7 Å². The van der Waals surface area contributed by atoms with E-state index in [1.807, 2.05) is 0 Å². The number of nitrogens with two attached hydrogens (primary N) is 1. The van der Waals surface area contributed by atoms with Gasteiger partial charge in [0, 0.05) is 26.8 Å². The number of hydrogen-bond donors (Lipinski definition) is 2. The van der Waals surface area contributed by atoms with Gasteiger partial charge in [-0.25, -0.2) is 9.37 Å². The van der Waals surface area contributed by atoms with E-state index in [4.69, 9.17) is 10.5 Å². The molecule has 20 heavy (non-hydrogen) atoms. The fourth-order valence-electron chi connectivity index (χ4n) is 1.93. The molecule has 2 rings (SSSR count). The minimum absolute atomic E-state index is 0.143. The molecule has 0 saturated heterocycles. The van der Waals surface area contributed by atoms with Crippen molar-refractivity contribution in [3.05, 3.63) is 24.0 Å². The van der Waals surface area contributed by atoms with E-state index in [0.717, 1.165) is 5.52 Å². The number of methoxy groups -OCH3 is 1. The quantitative estimate of drug-likeness (QED) is 0.856. The summed E-state index contributed by atoms with van der Waals surface area (Å²) in [6.07, 6.45) is -0.188. The molecule has 0 fully saturated rings. The number of hydrogen-bond acceptors (Lipinski definition) is 4. The maximum Gasteiger partial charge on any atom is 0.229 e. The van der Waals surface area contributed by atoms with Crippen molar-refractivity contribution in [3.8, 4) is 0 Å². The first-order valence-electron chi connectivity index (χ1n) is 6.20. The van der Waals surface area contributed by atoms with Crippen LogP contribution in [0.4, 0.5) is 10.3 Å².